The first-order valence-electron chi connectivity index (χ1n) is 9.83. The molecule has 0 saturated carbocycles. The highest BCUT2D eigenvalue weighted by molar-refractivity contribution is 7.90. The number of hydrogen-bond donors (Lipinski definition) is 1. The molecule has 0 fully saturated rings. The van der Waals surface area contributed by atoms with Crippen LogP contribution >= 0.6 is 0 Å². The number of imidazole rings is 1. The van der Waals surface area contributed by atoms with Gasteiger partial charge in [0.1, 0.15) is 23.9 Å². The van der Waals surface area contributed by atoms with Crippen LogP contribution in [-0.2, 0) is 16.4 Å². The van der Waals surface area contributed by atoms with E-state index >= 15 is 0 Å². The lowest BCUT2D eigenvalue weighted by atomic mass is 10.1. The number of nitrogens with one attached hydrogen (secondary N) is 1. The highest BCUT2D eigenvalue weighted by Gasteiger charge is 2.14. The van der Waals surface area contributed by atoms with Crippen molar-refractivity contribution in [1.29, 1.82) is 0 Å². The highest BCUT2D eigenvalue weighted by atomic mass is 32.2. The van der Waals surface area contributed by atoms with Crippen LogP contribution in [0.1, 0.15) is 19.4 Å². The number of pyridine rings is 1. The molecule has 4 rings (SSSR count). The number of aromatic amines is 1. The Bertz CT molecular complexity index is 1280. The molecule has 8 heteroatoms. The second-order valence-electron chi connectivity index (χ2n) is 7.49. The Kier molecular flexibility index (Phi) is 5.65. The van der Waals surface area contributed by atoms with Gasteiger partial charge < -0.3 is 14.5 Å². The predicted octanol–water partition coefficient (Wildman–Crippen LogP) is 4.39. The minimum atomic E-state index is -3.22. The Morgan fingerprint density at radius 2 is 1.84 bits per heavy atom. The van der Waals surface area contributed by atoms with Crippen LogP contribution in [0, 0.1) is 0 Å². The van der Waals surface area contributed by atoms with Gasteiger partial charge >= 0.3 is 0 Å². The van der Waals surface area contributed by atoms with Crippen molar-refractivity contribution in [3.63, 3.8) is 0 Å². The topological polar surface area (TPSA) is 94.2 Å². The summed E-state index contributed by atoms with van der Waals surface area (Å²) in [4.78, 5) is 12.4. The van der Waals surface area contributed by atoms with Crippen LogP contribution in [0.25, 0.3) is 22.6 Å². The van der Waals surface area contributed by atoms with Crippen molar-refractivity contribution >= 4 is 21.0 Å². The van der Waals surface area contributed by atoms with E-state index in [4.69, 9.17) is 9.47 Å². The summed E-state index contributed by atoms with van der Waals surface area (Å²) in [7, 11) is -3.22. The first-order chi connectivity index (χ1) is 14.8. The fourth-order valence-corrected chi connectivity index (χ4v) is 3.74. The average Bonchev–Trinajstić information content (AvgIpc) is 3.15. The molecule has 0 aliphatic carbocycles. The number of rotatable bonds is 7. The van der Waals surface area contributed by atoms with E-state index in [1.54, 1.807) is 30.5 Å². The molecule has 2 heterocycles. The van der Waals surface area contributed by atoms with E-state index in [0.29, 0.717) is 29.6 Å². The van der Waals surface area contributed by atoms with E-state index in [9.17, 15) is 8.42 Å². The van der Waals surface area contributed by atoms with E-state index in [1.165, 1.54) is 6.26 Å². The van der Waals surface area contributed by atoms with Gasteiger partial charge in [0.15, 0.2) is 15.5 Å². The molecule has 7 nitrogen and oxygen atoms in total. The summed E-state index contributed by atoms with van der Waals surface area (Å²) in [5.74, 6) is 1.96. The van der Waals surface area contributed by atoms with E-state index < -0.39 is 9.84 Å². The molecule has 0 saturated heterocycles. The molecule has 0 aliphatic rings. The molecule has 2 aromatic carbocycles. The van der Waals surface area contributed by atoms with Crippen LogP contribution in [0.2, 0.25) is 0 Å². The Balaban J connectivity index is 1.58. The van der Waals surface area contributed by atoms with E-state index in [0.717, 1.165) is 16.6 Å². The SMILES string of the molecule is CC(C)Oc1cc(OCc2ccc(S(C)(=O)=O)cc2)ccc1-c1nc2ncccc2[nH]1. The second-order valence-corrected chi connectivity index (χ2v) is 9.51. The third kappa shape index (κ3) is 4.86. The first-order valence-corrected chi connectivity index (χ1v) is 11.7. The zero-order valence-electron chi connectivity index (χ0n) is 17.5. The molecule has 0 aliphatic heterocycles. The monoisotopic (exact) mass is 437 g/mol. The number of sulfone groups is 1. The quantitative estimate of drug-likeness (QED) is 0.461. The van der Waals surface area contributed by atoms with Crippen LogP contribution in [0.5, 0.6) is 11.5 Å². The van der Waals surface area contributed by atoms with Crippen molar-refractivity contribution < 1.29 is 17.9 Å². The van der Waals surface area contributed by atoms with Crippen molar-refractivity contribution in [3.05, 3.63) is 66.4 Å². The summed E-state index contributed by atoms with van der Waals surface area (Å²) in [6.45, 7) is 4.22. The lowest BCUT2D eigenvalue weighted by Crippen LogP contribution is -2.07. The highest BCUT2D eigenvalue weighted by Crippen LogP contribution is 2.33. The van der Waals surface area contributed by atoms with Crippen LogP contribution in [0.3, 0.4) is 0 Å². The normalized spacial score (nSPS) is 11.7. The van der Waals surface area contributed by atoms with Gasteiger partial charge in [-0.2, -0.15) is 0 Å². The smallest absolute Gasteiger partial charge is 0.178 e. The fraction of sp³-hybridized carbons (Fsp3) is 0.217. The minimum absolute atomic E-state index is 0.0277. The van der Waals surface area contributed by atoms with Gasteiger partial charge in [-0.25, -0.2) is 18.4 Å². The van der Waals surface area contributed by atoms with Crippen LogP contribution in [0.4, 0.5) is 0 Å². The number of H-pyrrole nitrogens is 1. The molecule has 31 heavy (non-hydrogen) atoms. The molecule has 4 aromatic rings. The maximum absolute atomic E-state index is 11.6. The van der Waals surface area contributed by atoms with E-state index in [1.807, 2.05) is 44.2 Å². The molecule has 2 aromatic heterocycles. The third-order valence-corrected chi connectivity index (χ3v) is 5.71. The molecular formula is C23H23N3O4S. The van der Waals surface area contributed by atoms with Gasteiger partial charge in [0.05, 0.1) is 22.1 Å². The van der Waals surface area contributed by atoms with Gasteiger partial charge in [-0.1, -0.05) is 12.1 Å². The molecular weight excluding hydrogens is 414 g/mol. The van der Waals surface area contributed by atoms with E-state index in [-0.39, 0.29) is 11.0 Å². The Morgan fingerprint density at radius 3 is 2.52 bits per heavy atom. The minimum Gasteiger partial charge on any atom is -0.490 e. The van der Waals surface area contributed by atoms with Gasteiger partial charge in [-0.05, 0) is 55.8 Å². The number of nitrogens with zero attached hydrogens (tertiary/aromatic N) is 2. The van der Waals surface area contributed by atoms with Gasteiger partial charge in [-0.3, -0.25) is 0 Å². The first kappa shape index (κ1) is 20.9. The largest absolute Gasteiger partial charge is 0.490 e. The maximum Gasteiger partial charge on any atom is 0.178 e. The predicted molar refractivity (Wildman–Crippen MR) is 119 cm³/mol. The van der Waals surface area contributed by atoms with Crippen molar-refractivity contribution in [2.45, 2.75) is 31.5 Å². The maximum atomic E-state index is 11.6. The molecule has 0 unspecified atom stereocenters. The number of benzene rings is 2. The Hall–Kier alpha value is -3.39. The second kappa shape index (κ2) is 8.39. The third-order valence-electron chi connectivity index (χ3n) is 4.59. The van der Waals surface area contributed by atoms with Crippen molar-refractivity contribution in [2.75, 3.05) is 6.26 Å². The fourth-order valence-electron chi connectivity index (χ4n) is 3.11. The summed E-state index contributed by atoms with van der Waals surface area (Å²) in [6, 6.07) is 16.0. The lowest BCUT2D eigenvalue weighted by Gasteiger charge is -2.15. The zero-order chi connectivity index (χ0) is 22.0. The molecule has 0 amide bonds. The molecule has 0 bridgehead atoms. The van der Waals surface area contributed by atoms with Crippen LogP contribution < -0.4 is 9.47 Å². The number of aromatic nitrogens is 3. The summed E-state index contributed by atoms with van der Waals surface area (Å²) in [5, 5.41) is 0. The van der Waals surface area contributed by atoms with Gasteiger partial charge in [0, 0.05) is 18.5 Å². The molecule has 0 radical (unpaired) electrons. The van der Waals surface area contributed by atoms with Gasteiger partial charge in [0.2, 0.25) is 0 Å². The standard InChI is InChI=1S/C23H23N3O4S/c1-15(2)30-21-13-17(29-14-16-6-9-18(10-7-16)31(3,27)28)8-11-19(21)22-25-20-5-4-12-24-23(20)26-22/h4-13,15H,14H2,1-3H3,(H,24,25,26). The van der Waals surface area contributed by atoms with Crippen molar-refractivity contribution in [3.8, 4) is 22.9 Å². The molecule has 0 atom stereocenters. The zero-order valence-corrected chi connectivity index (χ0v) is 18.3. The molecule has 0 spiro atoms. The Labute approximate surface area is 181 Å². The molecule has 160 valence electrons. The van der Waals surface area contributed by atoms with E-state index in [2.05, 4.69) is 15.0 Å². The van der Waals surface area contributed by atoms with Crippen LogP contribution in [0.15, 0.2) is 65.7 Å². The average molecular weight is 438 g/mol. The van der Waals surface area contributed by atoms with Gasteiger partial charge in [-0.15, -0.1) is 0 Å². The summed E-state index contributed by atoms with van der Waals surface area (Å²) in [6.07, 6.45) is 2.87. The summed E-state index contributed by atoms with van der Waals surface area (Å²) in [5.41, 5.74) is 3.18. The number of ether oxygens (including phenoxy) is 2. The number of hydrogen-bond acceptors (Lipinski definition) is 6. The van der Waals surface area contributed by atoms with Crippen molar-refractivity contribution in [1.82, 2.24) is 15.0 Å². The van der Waals surface area contributed by atoms with Gasteiger partial charge in [0.25, 0.3) is 0 Å². The summed E-state index contributed by atoms with van der Waals surface area (Å²) >= 11 is 0. The lowest BCUT2D eigenvalue weighted by molar-refractivity contribution is 0.240. The van der Waals surface area contributed by atoms with Crippen molar-refractivity contribution in [2.24, 2.45) is 0 Å². The van der Waals surface area contributed by atoms with Crippen LogP contribution in [-0.4, -0.2) is 35.7 Å². The molecule has 1 N–H and O–H groups in total. The summed E-state index contributed by atoms with van der Waals surface area (Å²) < 4.78 is 35.1. The number of fused-ring (bicyclic) bond motifs is 1. The Morgan fingerprint density at radius 1 is 1.06 bits per heavy atom.